The molecule has 0 amide bonds. The van der Waals surface area contributed by atoms with Gasteiger partial charge in [0.25, 0.3) is 0 Å². The van der Waals surface area contributed by atoms with Crippen LogP contribution in [0.2, 0.25) is 10.0 Å². The number of rotatable bonds is 4. The topological polar surface area (TPSA) is 0 Å². The average Bonchev–Trinajstić information content (AvgIpc) is 2.42. The summed E-state index contributed by atoms with van der Waals surface area (Å²) in [4.78, 5) is -1.28. The van der Waals surface area contributed by atoms with E-state index in [4.69, 9.17) is 69.6 Å². The van der Waals surface area contributed by atoms with E-state index in [0.29, 0.717) is 10.0 Å². The van der Waals surface area contributed by atoms with Gasteiger partial charge in [0.2, 0.25) is 0 Å². The molecule has 0 spiro atoms. The van der Waals surface area contributed by atoms with Crippen LogP contribution in [-0.4, -0.2) is 15.0 Å². The number of hydrogen-bond donors (Lipinski definition) is 0. The van der Waals surface area contributed by atoms with Crippen LogP contribution in [-0.2, 0) is 0 Å². The van der Waals surface area contributed by atoms with E-state index in [9.17, 15) is 0 Å². The molecule has 0 N–H and O–H groups in total. The van der Waals surface area contributed by atoms with Gasteiger partial charge in [-0.15, -0.1) is 0 Å². The Hall–Kier alpha value is 0.699. The summed E-state index contributed by atoms with van der Waals surface area (Å²) in [5.74, 6) is 0. The van der Waals surface area contributed by atoms with Gasteiger partial charge in [-0.3, -0.25) is 0 Å². The number of hydrogen-bond acceptors (Lipinski definition) is 0. The molecule has 0 atom stereocenters. The maximum absolute atomic E-state index is 6.02. The normalized spacial score (nSPS) is 11.4. The summed E-state index contributed by atoms with van der Waals surface area (Å²) in [6.07, 6.45) is 0. The predicted molar refractivity (Wildman–Crippen MR) is 96.8 cm³/mol. The van der Waals surface area contributed by atoms with Crippen molar-refractivity contribution >= 4 is 93.5 Å². The summed E-state index contributed by atoms with van der Waals surface area (Å²) >= 11 is 36.0. The first-order valence-electron chi connectivity index (χ1n) is 5.71. The molecule has 0 aliphatic heterocycles. The fourth-order valence-corrected chi connectivity index (χ4v) is 5.66. The zero-order valence-corrected chi connectivity index (χ0v) is 16.5. The van der Waals surface area contributed by atoms with Crippen LogP contribution in [0.1, 0.15) is 20.8 Å². The molecule has 0 aliphatic carbocycles. The van der Waals surface area contributed by atoms with Gasteiger partial charge in [-0.25, -0.2) is 0 Å². The van der Waals surface area contributed by atoms with Crippen LogP contribution in [0.25, 0.3) is 0 Å². The van der Waals surface area contributed by atoms with Crippen LogP contribution in [0.15, 0.2) is 36.4 Å². The van der Waals surface area contributed by atoms with Gasteiger partial charge in [0.15, 0.2) is 0 Å². The van der Waals surface area contributed by atoms with E-state index in [1.807, 2.05) is 24.3 Å². The quantitative estimate of drug-likeness (QED) is 0.405. The number of benzene rings is 2. The molecule has 0 heterocycles. The van der Waals surface area contributed by atoms with Gasteiger partial charge in [0, 0.05) is 0 Å². The summed E-state index contributed by atoms with van der Waals surface area (Å²) in [5.41, 5.74) is 1.60. The molecule has 2 rings (SSSR count). The van der Waals surface area contributed by atoms with Crippen LogP contribution in [0.5, 0.6) is 0 Å². The Kier molecular flexibility index (Phi) is 6.87. The second kappa shape index (κ2) is 7.99. The van der Waals surface area contributed by atoms with Gasteiger partial charge in [-0.1, -0.05) is 0 Å². The van der Waals surface area contributed by atoms with Gasteiger partial charge >= 0.3 is 161 Å². The van der Waals surface area contributed by atoms with Crippen molar-refractivity contribution < 1.29 is 0 Å². The third-order valence-corrected chi connectivity index (χ3v) is 6.53. The Bertz CT molecular complexity index is 586. The Balaban J connectivity index is 2.43. The van der Waals surface area contributed by atoms with Crippen molar-refractivity contribution in [1.82, 2.24) is 0 Å². The van der Waals surface area contributed by atoms with E-state index >= 15 is 0 Å². The van der Waals surface area contributed by atoms with Crippen LogP contribution in [0.4, 0.5) is 0 Å². The van der Waals surface area contributed by atoms with E-state index in [1.54, 1.807) is 12.1 Å². The Morgan fingerprint density at radius 2 is 1.05 bits per heavy atom. The summed E-state index contributed by atoms with van der Waals surface area (Å²) < 4.78 is 2.05. The van der Waals surface area contributed by atoms with Crippen LogP contribution in [0.3, 0.4) is 0 Å². The van der Waals surface area contributed by atoms with E-state index in [-0.39, 0.29) is 15.0 Å². The molecule has 0 bridgehead atoms. The first-order valence-corrected chi connectivity index (χ1v) is 9.93. The van der Waals surface area contributed by atoms with E-state index in [0.717, 1.165) is 20.1 Å². The Morgan fingerprint density at radius 3 is 1.38 bits per heavy atom. The van der Waals surface area contributed by atoms with Gasteiger partial charge < -0.3 is 0 Å². The van der Waals surface area contributed by atoms with Crippen molar-refractivity contribution in [3.05, 3.63) is 57.6 Å². The van der Waals surface area contributed by atoms with Crippen molar-refractivity contribution in [2.45, 2.75) is 9.67 Å². The molecule has 21 heavy (non-hydrogen) atoms. The number of alkyl halides is 4. The Morgan fingerprint density at radius 1 is 0.667 bits per heavy atom. The molecular formula is C14H8Cl6Se. The molecule has 2 aromatic rings. The minimum atomic E-state index is -0.640. The third kappa shape index (κ3) is 4.83. The summed E-state index contributed by atoms with van der Waals surface area (Å²) in [7, 11) is 0. The monoisotopic (exact) mass is 466 g/mol. The third-order valence-electron chi connectivity index (χ3n) is 2.63. The van der Waals surface area contributed by atoms with Gasteiger partial charge in [-0.2, -0.15) is 0 Å². The summed E-state index contributed by atoms with van der Waals surface area (Å²) in [6, 6.07) is 11.0. The molecular weight excluding hydrogens is 460 g/mol. The zero-order valence-electron chi connectivity index (χ0n) is 10.3. The minimum absolute atomic E-state index is 0.0656. The zero-order chi connectivity index (χ0) is 15.6. The molecule has 0 saturated carbocycles. The SMILES string of the molecule is Clc1ccc([Se]c2ccc(Cl)cc2C(Cl)Cl)c(C(Cl)Cl)c1. The molecule has 7 heteroatoms. The second-order valence-electron chi connectivity index (χ2n) is 4.07. The molecule has 0 radical (unpaired) electrons. The van der Waals surface area contributed by atoms with Crippen molar-refractivity contribution in [3.8, 4) is 0 Å². The average molecular weight is 468 g/mol. The van der Waals surface area contributed by atoms with Crippen LogP contribution in [0, 0.1) is 0 Å². The first-order chi connectivity index (χ1) is 9.88. The van der Waals surface area contributed by atoms with E-state index < -0.39 is 9.67 Å². The number of halogens is 6. The first kappa shape index (κ1) is 18.0. The van der Waals surface area contributed by atoms with Gasteiger partial charge in [0.1, 0.15) is 0 Å². The molecule has 2 aromatic carbocycles. The van der Waals surface area contributed by atoms with E-state index in [1.165, 1.54) is 0 Å². The van der Waals surface area contributed by atoms with E-state index in [2.05, 4.69) is 0 Å². The van der Waals surface area contributed by atoms with Crippen molar-refractivity contribution in [2.75, 3.05) is 0 Å². The van der Waals surface area contributed by atoms with Crippen LogP contribution < -0.4 is 8.92 Å². The van der Waals surface area contributed by atoms with Crippen molar-refractivity contribution in [2.24, 2.45) is 0 Å². The fourth-order valence-electron chi connectivity index (χ4n) is 1.68. The van der Waals surface area contributed by atoms with Gasteiger partial charge in [0.05, 0.1) is 0 Å². The predicted octanol–water partition coefficient (Wildman–Crippen LogP) is 5.60. The molecule has 0 fully saturated rings. The molecule has 0 saturated heterocycles. The van der Waals surface area contributed by atoms with Crippen molar-refractivity contribution in [3.63, 3.8) is 0 Å². The van der Waals surface area contributed by atoms with Gasteiger partial charge in [-0.05, 0) is 0 Å². The van der Waals surface area contributed by atoms with Crippen molar-refractivity contribution in [1.29, 1.82) is 0 Å². The Labute approximate surface area is 159 Å². The maximum atomic E-state index is 6.02. The summed E-state index contributed by atoms with van der Waals surface area (Å²) in [6.45, 7) is 0. The second-order valence-corrected chi connectivity index (χ2v) is 9.41. The fraction of sp³-hybridized carbons (Fsp3) is 0.143. The molecule has 0 nitrogen and oxygen atoms in total. The standard InChI is InChI=1S/C14H8Cl6Se/c15-7-1-3-11(9(5-7)13(17)18)21-12-4-2-8(16)6-10(12)14(19)20/h1-6,13-14H. The summed E-state index contributed by atoms with van der Waals surface area (Å²) in [5, 5.41) is 1.19. The molecule has 0 aliphatic rings. The molecule has 0 unspecified atom stereocenters. The molecule has 112 valence electrons. The molecule has 0 aromatic heterocycles. The van der Waals surface area contributed by atoms with Crippen LogP contribution >= 0.6 is 69.6 Å².